The number of nitrogens with one attached hydrogen (secondary N) is 1. The summed E-state index contributed by atoms with van der Waals surface area (Å²) in [6.07, 6.45) is 1.88. The van der Waals surface area contributed by atoms with Crippen molar-refractivity contribution in [2.24, 2.45) is 5.92 Å². The third-order valence-electron chi connectivity index (χ3n) is 4.76. The molecule has 0 radical (unpaired) electrons. The minimum absolute atomic E-state index is 0.0380. The second-order valence-electron chi connectivity index (χ2n) is 6.61. The average molecular weight is 446 g/mol. The van der Waals surface area contributed by atoms with Crippen LogP contribution in [0.5, 0.6) is 5.75 Å². The number of anilines is 2. The average Bonchev–Trinajstić information content (AvgIpc) is 3.13. The fourth-order valence-electron chi connectivity index (χ4n) is 3.30. The number of benzene rings is 2. The van der Waals surface area contributed by atoms with Crippen molar-refractivity contribution >= 4 is 54.2 Å². The Labute approximate surface area is 170 Å². The molecule has 0 aliphatic carbocycles. The van der Waals surface area contributed by atoms with Crippen LogP contribution in [0.1, 0.15) is 12.8 Å². The number of thiazole rings is 1. The number of hydrogen-bond acceptors (Lipinski definition) is 5. The number of rotatable bonds is 4. The molecule has 4 rings (SSSR count). The standard InChI is InChI=1S/C20H20BrN3O2S/c1-26-16-8-9-17-18(11-16)27-20(23-17)24-10-2-3-13(12-24)19(25)22-15-6-4-14(21)5-7-15/h4-9,11,13H,2-3,10,12H2,1H3,(H,22,25). The monoisotopic (exact) mass is 445 g/mol. The molecule has 1 saturated heterocycles. The van der Waals surface area contributed by atoms with Crippen molar-refractivity contribution in [3.8, 4) is 5.75 Å². The fraction of sp³-hybridized carbons (Fsp3) is 0.300. The molecule has 140 valence electrons. The first kappa shape index (κ1) is 18.3. The van der Waals surface area contributed by atoms with Crippen LogP contribution in [0, 0.1) is 5.92 Å². The van der Waals surface area contributed by atoms with Crippen LogP contribution < -0.4 is 15.0 Å². The van der Waals surface area contributed by atoms with E-state index < -0.39 is 0 Å². The molecule has 1 amide bonds. The number of fused-ring (bicyclic) bond motifs is 1. The highest BCUT2D eigenvalue weighted by molar-refractivity contribution is 9.10. The Morgan fingerprint density at radius 2 is 2.11 bits per heavy atom. The first-order valence-electron chi connectivity index (χ1n) is 8.88. The van der Waals surface area contributed by atoms with Crippen LogP contribution >= 0.6 is 27.3 Å². The number of ether oxygens (including phenoxy) is 1. The van der Waals surface area contributed by atoms with Crippen molar-refractivity contribution in [3.63, 3.8) is 0 Å². The number of carbonyl (C=O) groups excluding carboxylic acids is 1. The van der Waals surface area contributed by atoms with Gasteiger partial charge in [-0.15, -0.1) is 0 Å². The molecule has 7 heteroatoms. The topological polar surface area (TPSA) is 54.5 Å². The minimum Gasteiger partial charge on any atom is -0.497 e. The summed E-state index contributed by atoms with van der Waals surface area (Å²) in [7, 11) is 1.67. The van der Waals surface area contributed by atoms with Gasteiger partial charge >= 0.3 is 0 Å². The predicted molar refractivity (Wildman–Crippen MR) is 114 cm³/mol. The van der Waals surface area contributed by atoms with Crippen LogP contribution in [0.2, 0.25) is 0 Å². The smallest absolute Gasteiger partial charge is 0.229 e. The first-order chi connectivity index (χ1) is 13.1. The van der Waals surface area contributed by atoms with Gasteiger partial charge in [0.1, 0.15) is 5.75 Å². The molecule has 1 aliphatic heterocycles. The van der Waals surface area contributed by atoms with E-state index in [0.717, 1.165) is 50.6 Å². The first-order valence-corrected chi connectivity index (χ1v) is 10.5. The van der Waals surface area contributed by atoms with E-state index in [1.54, 1.807) is 18.4 Å². The molecule has 1 N–H and O–H groups in total. The maximum absolute atomic E-state index is 12.7. The zero-order valence-electron chi connectivity index (χ0n) is 14.9. The third-order valence-corrected chi connectivity index (χ3v) is 6.37. The van der Waals surface area contributed by atoms with E-state index in [0.29, 0.717) is 6.54 Å². The van der Waals surface area contributed by atoms with Gasteiger partial charge in [0.15, 0.2) is 5.13 Å². The zero-order chi connectivity index (χ0) is 18.8. The number of amides is 1. The normalized spacial score (nSPS) is 17.1. The van der Waals surface area contributed by atoms with E-state index in [4.69, 9.17) is 9.72 Å². The molecule has 0 saturated carbocycles. The quantitative estimate of drug-likeness (QED) is 0.618. The minimum atomic E-state index is -0.0380. The van der Waals surface area contributed by atoms with E-state index >= 15 is 0 Å². The molecule has 27 heavy (non-hydrogen) atoms. The Kier molecular flexibility index (Phi) is 5.31. The Hall–Kier alpha value is -2.12. The SMILES string of the molecule is COc1ccc2nc(N3CCCC(C(=O)Nc4ccc(Br)cc4)C3)sc2c1. The summed E-state index contributed by atoms with van der Waals surface area (Å²) in [5.41, 5.74) is 1.80. The van der Waals surface area contributed by atoms with E-state index in [1.165, 1.54) is 0 Å². The molecule has 5 nitrogen and oxygen atoms in total. The van der Waals surface area contributed by atoms with Crippen LogP contribution in [0.25, 0.3) is 10.2 Å². The summed E-state index contributed by atoms with van der Waals surface area (Å²) < 4.78 is 7.40. The van der Waals surface area contributed by atoms with Gasteiger partial charge in [-0.3, -0.25) is 4.79 Å². The van der Waals surface area contributed by atoms with E-state index in [-0.39, 0.29) is 11.8 Å². The van der Waals surface area contributed by atoms with Gasteiger partial charge in [0.05, 0.1) is 23.2 Å². The van der Waals surface area contributed by atoms with Crippen molar-refractivity contribution in [3.05, 3.63) is 46.9 Å². The van der Waals surface area contributed by atoms with Crippen molar-refractivity contribution in [1.82, 2.24) is 4.98 Å². The summed E-state index contributed by atoms with van der Waals surface area (Å²) in [6, 6.07) is 13.6. The Morgan fingerprint density at radius 1 is 1.30 bits per heavy atom. The van der Waals surface area contributed by atoms with Gasteiger partial charge in [0, 0.05) is 23.2 Å². The number of hydrogen-bond donors (Lipinski definition) is 1. The van der Waals surface area contributed by atoms with Crippen LogP contribution in [0.3, 0.4) is 0 Å². The third kappa shape index (κ3) is 4.09. The van der Waals surface area contributed by atoms with E-state index in [2.05, 4.69) is 26.1 Å². The lowest BCUT2D eigenvalue weighted by molar-refractivity contribution is -0.120. The molecule has 1 aromatic heterocycles. The zero-order valence-corrected chi connectivity index (χ0v) is 17.3. The Morgan fingerprint density at radius 3 is 2.89 bits per heavy atom. The lowest BCUT2D eigenvalue weighted by Crippen LogP contribution is -2.40. The molecule has 3 aromatic rings. The Balaban J connectivity index is 1.47. The highest BCUT2D eigenvalue weighted by atomic mass is 79.9. The fourth-order valence-corrected chi connectivity index (χ4v) is 4.59. The van der Waals surface area contributed by atoms with Gasteiger partial charge in [0.25, 0.3) is 0 Å². The van der Waals surface area contributed by atoms with Crippen molar-refractivity contribution in [2.75, 3.05) is 30.4 Å². The summed E-state index contributed by atoms with van der Waals surface area (Å²) in [5, 5.41) is 4.00. The molecular formula is C20H20BrN3O2S. The molecule has 1 atom stereocenters. The highest BCUT2D eigenvalue weighted by Crippen LogP contribution is 2.33. The maximum atomic E-state index is 12.7. The summed E-state index contributed by atoms with van der Waals surface area (Å²) >= 11 is 5.06. The van der Waals surface area contributed by atoms with Gasteiger partial charge in [-0.1, -0.05) is 27.3 Å². The maximum Gasteiger partial charge on any atom is 0.229 e. The highest BCUT2D eigenvalue weighted by Gasteiger charge is 2.27. The predicted octanol–water partition coefficient (Wildman–Crippen LogP) is 4.92. The molecular weight excluding hydrogens is 426 g/mol. The van der Waals surface area contributed by atoms with Gasteiger partial charge in [-0.25, -0.2) is 4.98 Å². The van der Waals surface area contributed by atoms with Gasteiger partial charge in [-0.2, -0.15) is 0 Å². The number of carbonyl (C=O) groups is 1. The Bertz CT molecular complexity index is 958. The molecule has 0 spiro atoms. The summed E-state index contributed by atoms with van der Waals surface area (Å²) in [4.78, 5) is 19.7. The van der Waals surface area contributed by atoms with Crippen molar-refractivity contribution < 1.29 is 9.53 Å². The number of nitrogens with zero attached hydrogens (tertiary/aromatic N) is 2. The second-order valence-corrected chi connectivity index (χ2v) is 8.54. The van der Waals surface area contributed by atoms with Crippen molar-refractivity contribution in [2.45, 2.75) is 12.8 Å². The summed E-state index contributed by atoms with van der Waals surface area (Å²) in [5.74, 6) is 0.872. The molecule has 1 unspecified atom stereocenters. The molecule has 1 aliphatic rings. The van der Waals surface area contributed by atoms with Crippen LogP contribution in [-0.4, -0.2) is 31.1 Å². The molecule has 0 bridgehead atoms. The van der Waals surface area contributed by atoms with Gasteiger partial charge in [-0.05, 0) is 55.3 Å². The number of piperidine rings is 1. The van der Waals surface area contributed by atoms with Gasteiger partial charge in [0.2, 0.25) is 5.91 Å². The number of methoxy groups -OCH3 is 1. The van der Waals surface area contributed by atoms with Crippen LogP contribution in [-0.2, 0) is 4.79 Å². The lowest BCUT2D eigenvalue weighted by atomic mass is 9.97. The van der Waals surface area contributed by atoms with Crippen LogP contribution in [0.15, 0.2) is 46.9 Å². The lowest BCUT2D eigenvalue weighted by Gasteiger charge is -2.31. The summed E-state index contributed by atoms with van der Waals surface area (Å²) in [6.45, 7) is 1.62. The molecule has 2 heterocycles. The van der Waals surface area contributed by atoms with Gasteiger partial charge < -0.3 is 15.0 Å². The van der Waals surface area contributed by atoms with E-state index in [1.807, 2.05) is 42.5 Å². The van der Waals surface area contributed by atoms with Crippen molar-refractivity contribution in [1.29, 1.82) is 0 Å². The molecule has 1 fully saturated rings. The van der Waals surface area contributed by atoms with E-state index in [9.17, 15) is 4.79 Å². The second kappa shape index (κ2) is 7.86. The largest absolute Gasteiger partial charge is 0.497 e. The number of halogens is 1. The van der Waals surface area contributed by atoms with Crippen LogP contribution in [0.4, 0.5) is 10.8 Å². The number of aromatic nitrogens is 1. The molecule has 2 aromatic carbocycles.